The van der Waals surface area contributed by atoms with Crippen molar-refractivity contribution in [2.75, 3.05) is 7.05 Å². The van der Waals surface area contributed by atoms with Crippen molar-refractivity contribution in [3.05, 3.63) is 51.3 Å². The SMILES string of the molecule is CNCc1ccc(S(=O)(=O)NCc2ccccc2Br)s1. The topological polar surface area (TPSA) is 58.2 Å². The van der Waals surface area contributed by atoms with E-state index in [-0.39, 0.29) is 6.54 Å². The largest absolute Gasteiger partial charge is 0.315 e. The second-order valence-electron chi connectivity index (χ2n) is 4.17. The fraction of sp³-hybridized carbons (Fsp3) is 0.231. The summed E-state index contributed by atoms with van der Waals surface area (Å²) < 4.78 is 28.3. The molecular weight excluding hydrogens is 360 g/mol. The molecule has 2 rings (SSSR count). The number of benzene rings is 1. The van der Waals surface area contributed by atoms with E-state index in [2.05, 4.69) is 26.0 Å². The van der Waals surface area contributed by atoms with E-state index in [9.17, 15) is 8.42 Å². The minimum absolute atomic E-state index is 0.267. The van der Waals surface area contributed by atoms with Crippen LogP contribution in [0.1, 0.15) is 10.4 Å². The van der Waals surface area contributed by atoms with Gasteiger partial charge in [0, 0.05) is 22.4 Å². The molecule has 0 fully saturated rings. The highest BCUT2D eigenvalue weighted by molar-refractivity contribution is 9.10. The van der Waals surface area contributed by atoms with Crippen molar-refractivity contribution in [1.82, 2.24) is 10.0 Å². The Morgan fingerprint density at radius 2 is 1.90 bits per heavy atom. The minimum Gasteiger partial charge on any atom is -0.315 e. The highest BCUT2D eigenvalue weighted by atomic mass is 79.9. The van der Waals surface area contributed by atoms with E-state index < -0.39 is 10.0 Å². The van der Waals surface area contributed by atoms with Crippen LogP contribution < -0.4 is 10.0 Å². The van der Waals surface area contributed by atoms with Gasteiger partial charge in [0.05, 0.1) is 0 Å². The lowest BCUT2D eigenvalue weighted by molar-refractivity contribution is 0.583. The number of halogens is 1. The molecule has 0 aliphatic heterocycles. The molecule has 0 bridgehead atoms. The lowest BCUT2D eigenvalue weighted by atomic mass is 10.2. The highest BCUT2D eigenvalue weighted by Crippen LogP contribution is 2.22. The molecule has 0 atom stereocenters. The molecule has 4 nitrogen and oxygen atoms in total. The van der Waals surface area contributed by atoms with Gasteiger partial charge < -0.3 is 5.32 Å². The van der Waals surface area contributed by atoms with Gasteiger partial charge in [0.1, 0.15) is 4.21 Å². The van der Waals surface area contributed by atoms with Crippen LogP contribution in [-0.4, -0.2) is 15.5 Å². The number of sulfonamides is 1. The zero-order valence-corrected chi connectivity index (χ0v) is 14.1. The summed E-state index contributed by atoms with van der Waals surface area (Å²) in [5.74, 6) is 0. The summed E-state index contributed by atoms with van der Waals surface area (Å²) in [5.41, 5.74) is 0.906. The molecule has 7 heteroatoms. The van der Waals surface area contributed by atoms with Gasteiger partial charge in [-0.1, -0.05) is 34.1 Å². The summed E-state index contributed by atoms with van der Waals surface area (Å²) in [6.07, 6.45) is 0. The van der Waals surface area contributed by atoms with E-state index >= 15 is 0 Å². The van der Waals surface area contributed by atoms with Gasteiger partial charge in [-0.3, -0.25) is 0 Å². The third-order valence-corrected chi connectivity index (χ3v) is 6.42. The van der Waals surface area contributed by atoms with E-state index in [4.69, 9.17) is 0 Å². The molecule has 0 unspecified atom stereocenters. The molecule has 0 spiro atoms. The summed E-state index contributed by atoms with van der Waals surface area (Å²) >= 11 is 4.68. The Hall–Kier alpha value is -0.730. The van der Waals surface area contributed by atoms with E-state index in [1.54, 1.807) is 6.07 Å². The van der Waals surface area contributed by atoms with Crippen LogP contribution in [0.15, 0.2) is 45.1 Å². The maximum absolute atomic E-state index is 12.2. The first-order valence-electron chi connectivity index (χ1n) is 5.99. The van der Waals surface area contributed by atoms with E-state index in [1.165, 1.54) is 11.3 Å². The molecule has 0 saturated carbocycles. The zero-order chi connectivity index (χ0) is 14.6. The van der Waals surface area contributed by atoms with Crippen molar-refractivity contribution in [1.29, 1.82) is 0 Å². The number of thiophene rings is 1. The number of nitrogens with one attached hydrogen (secondary N) is 2. The monoisotopic (exact) mass is 374 g/mol. The standard InChI is InChI=1S/C13H15BrN2O2S2/c1-15-9-11-6-7-13(19-11)20(17,18)16-8-10-4-2-3-5-12(10)14/h2-7,15-16H,8-9H2,1H3. The van der Waals surface area contributed by atoms with Crippen LogP contribution in [0.5, 0.6) is 0 Å². The van der Waals surface area contributed by atoms with Crippen molar-refractivity contribution in [2.24, 2.45) is 0 Å². The van der Waals surface area contributed by atoms with Gasteiger partial charge in [-0.25, -0.2) is 13.1 Å². The molecule has 0 aliphatic rings. The Kier molecular flexibility index (Phi) is 5.34. The van der Waals surface area contributed by atoms with Gasteiger partial charge in [-0.2, -0.15) is 0 Å². The smallest absolute Gasteiger partial charge is 0.250 e. The molecule has 2 aromatic rings. The van der Waals surface area contributed by atoms with Crippen LogP contribution in [0, 0.1) is 0 Å². The van der Waals surface area contributed by atoms with Gasteiger partial charge in [0.15, 0.2) is 0 Å². The average molecular weight is 375 g/mol. The predicted octanol–water partition coefficient (Wildman–Crippen LogP) is 2.71. The van der Waals surface area contributed by atoms with Crippen LogP contribution in [-0.2, 0) is 23.1 Å². The lowest BCUT2D eigenvalue weighted by Gasteiger charge is -2.06. The normalized spacial score (nSPS) is 11.7. The lowest BCUT2D eigenvalue weighted by Crippen LogP contribution is -2.22. The fourth-order valence-electron chi connectivity index (χ4n) is 1.66. The Bertz CT molecular complexity index is 683. The first-order chi connectivity index (χ1) is 9.53. The van der Waals surface area contributed by atoms with Gasteiger partial charge in [-0.05, 0) is 30.8 Å². The third kappa shape index (κ3) is 3.89. The third-order valence-electron chi connectivity index (χ3n) is 2.66. The van der Waals surface area contributed by atoms with Crippen molar-refractivity contribution < 1.29 is 8.42 Å². The molecule has 1 aromatic carbocycles. The molecule has 0 aliphatic carbocycles. The highest BCUT2D eigenvalue weighted by Gasteiger charge is 2.16. The fourth-order valence-corrected chi connectivity index (χ4v) is 4.50. The molecule has 0 saturated heterocycles. The van der Waals surface area contributed by atoms with Crippen molar-refractivity contribution >= 4 is 37.3 Å². The summed E-state index contributed by atoms with van der Waals surface area (Å²) in [5, 5.41) is 3.00. The van der Waals surface area contributed by atoms with Crippen LogP contribution in [0.3, 0.4) is 0 Å². The first-order valence-corrected chi connectivity index (χ1v) is 9.08. The van der Waals surface area contributed by atoms with Crippen LogP contribution in [0.4, 0.5) is 0 Å². The van der Waals surface area contributed by atoms with Gasteiger partial charge in [0.2, 0.25) is 10.0 Å². The summed E-state index contributed by atoms with van der Waals surface area (Å²) in [7, 11) is -1.62. The van der Waals surface area contributed by atoms with E-state index in [0.29, 0.717) is 10.8 Å². The van der Waals surface area contributed by atoms with Crippen LogP contribution in [0.25, 0.3) is 0 Å². The molecule has 0 amide bonds. The maximum atomic E-state index is 12.2. The zero-order valence-electron chi connectivity index (χ0n) is 10.9. The molecule has 0 radical (unpaired) electrons. The minimum atomic E-state index is -3.45. The molecule has 1 aromatic heterocycles. The molecule has 20 heavy (non-hydrogen) atoms. The Balaban J connectivity index is 2.09. The second kappa shape index (κ2) is 6.82. The summed E-state index contributed by atoms with van der Waals surface area (Å²) in [6.45, 7) is 0.938. The summed E-state index contributed by atoms with van der Waals surface area (Å²) in [4.78, 5) is 0.994. The Morgan fingerprint density at radius 1 is 1.15 bits per heavy atom. The van der Waals surface area contributed by atoms with Gasteiger partial charge in [0.25, 0.3) is 0 Å². The molecule has 1 heterocycles. The Labute approximate surface area is 131 Å². The maximum Gasteiger partial charge on any atom is 0.250 e. The number of rotatable bonds is 6. The van der Waals surface area contributed by atoms with Crippen molar-refractivity contribution in [3.8, 4) is 0 Å². The van der Waals surface area contributed by atoms with Crippen molar-refractivity contribution in [2.45, 2.75) is 17.3 Å². The average Bonchev–Trinajstić information content (AvgIpc) is 2.88. The van der Waals surface area contributed by atoms with Crippen LogP contribution >= 0.6 is 27.3 Å². The number of hydrogen-bond acceptors (Lipinski definition) is 4. The molecular formula is C13H15BrN2O2S2. The van der Waals surface area contributed by atoms with E-state index in [0.717, 1.165) is 14.9 Å². The first kappa shape index (κ1) is 15.7. The van der Waals surface area contributed by atoms with Crippen molar-refractivity contribution in [3.63, 3.8) is 0 Å². The van der Waals surface area contributed by atoms with Gasteiger partial charge >= 0.3 is 0 Å². The number of hydrogen-bond donors (Lipinski definition) is 2. The van der Waals surface area contributed by atoms with E-state index in [1.807, 2.05) is 37.4 Å². The quantitative estimate of drug-likeness (QED) is 0.816. The predicted molar refractivity (Wildman–Crippen MR) is 85.3 cm³/mol. The molecule has 108 valence electrons. The Morgan fingerprint density at radius 3 is 2.60 bits per heavy atom. The molecule has 2 N–H and O–H groups in total. The second-order valence-corrected chi connectivity index (χ2v) is 8.18. The van der Waals surface area contributed by atoms with Crippen LogP contribution in [0.2, 0.25) is 0 Å². The summed E-state index contributed by atoms with van der Waals surface area (Å²) in [6, 6.07) is 11.0. The van der Waals surface area contributed by atoms with Gasteiger partial charge in [-0.15, -0.1) is 11.3 Å².